The first kappa shape index (κ1) is 16.9. The van der Waals surface area contributed by atoms with E-state index in [4.69, 9.17) is 9.47 Å². The second kappa shape index (κ2) is 8.17. The van der Waals surface area contributed by atoms with Gasteiger partial charge in [0.2, 0.25) is 0 Å². The Labute approximate surface area is 125 Å². The molecule has 1 aromatic rings. The number of thioether (sulfide) groups is 1. The van der Waals surface area contributed by atoms with Crippen LogP contribution in [0.2, 0.25) is 0 Å². The third-order valence-corrected chi connectivity index (χ3v) is 3.43. The van der Waals surface area contributed by atoms with Gasteiger partial charge in [-0.05, 0) is 26.8 Å². The number of ether oxygens (including phenoxy) is 2. The molecule has 0 unspecified atom stereocenters. The van der Waals surface area contributed by atoms with Crippen LogP contribution in [0, 0.1) is 0 Å². The lowest BCUT2D eigenvalue weighted by Crippen LogP contribution is -2.40. The molecule has 1 aromatic carbocycles. The molecule has 1 rings (SSSR count). The van der Waals surface area contributed by atoms with Gasteiger partial charge >= 0.3 is 6.09 Å². The van der Waals surface area contributed by atoms with Crippen LogP contribution in [0.15, 0.2) is 29.2 Å². The van der Waals surface area contributed by atoms with Crippen molar-refractivity contribution >= 4 is 17.9 Å². The zero-order valence-corrected chi connectivity index (χ0v) is 13.4. The largest absolute Gasteiger partial charge is 0.445 e. The van der Waals surface area contributed by atoms with Crippen LogP contribution >= 0.6 is 11.8 Å². The van der Waals surface area contributed by atoms with Crippen LogP contribution < -0.4 is 5.32 Å². The first-order valence-corrected chi connectivity index (χ1v) is 7.55. The van der Waals surface area contributed by atoms with Crippen molar-refractivity contribution in [1.82, 2.24) is 5.32 Å². The summed E-state index contributed by atoms with van der Waals surface area (Å²) in [5.74, 6) is 0.877. The third kappa shape index (κ3) is 6.82. The molecule has 5 heteroatoms. The van der Waals surface area contributed by atoms with Gasteiger partial charge in [-0.15, -0.1) is 11.8 Å². The molecule has 4 nitrogen and oxygen atoms in total. The molecule has 0 spiro atoms. The van der Waals surface area contributed by atoms with Crippen molar-refractivity contribution in [2.45, 2.75) is 37.8 Å². The average molecular weight is 297 g/mol. The summed E-state index contributed by atoms with van der Waals surface area (Å²) in [4.78, 5) is 12.8. The summed E-state index contributed by atoms with van der Waals surface area (Å²) in [6.45, 7) is 6.73. The van der Waals surface area contributed by atoms with Crippen molar-refractivity contribution in [2.24, 2.45) is 0 Å². The maximum Gasteiger partial charge on any atom is 0.407 e. The highest BCUT2D eigenvalue weighted by atomic mass is 32.2. The molecule has 0 aliphatic rings. The number of methoxy groups -OCH3 is 1. The molecule has 0 atom stereocenters. The first-order valence-electron chi connectivity index (χ1n) is 6.57. The van der Waals surface area contributed by atoms with Crippen LogP contribution in [0.25, 0.3) is 0 Å². The molecule has 1 N–H and O–H groups in total. The number of carbonyl (C=O) groups is 1. The summed E-state index contributed by atoms with van der Waals surface area (Å²) in [6.07, 6.45) is -0.394. The fourth-order valence-corrected chi connectivity index (χ4v) is 2.44. The Morgan fingerprint density at radius 1 is 1.30 bits per heavy atom. The quantitative estimate of drug-likeness (QED) is 0.645. The van der Waals surface area contributed by atoms with Gasteiger partial charge < -0.3 is 14.8 Å². The van der Waals surface area contributed by atoms with E-state index in [2.05, 4.69) is 5.32 Å². The second-order valence-corrected chi connectivity index (χ2v) is 6.54. The highest BCUT2D eigenvalue weighted by Gasteiger charge is 2.15. The lowest BCUT2D eigenvalue weighted by molar-refractivity contribution is 0.130. The van der Waals surface area contributed by atoms with Gasteiger partial charge in [0.25, 0.3) is 0 Å². The van der Waals surface area contributed by atoms with Crippen molar-refractivity contribution in [1.29, 1.82) is 0 Å². The maximum atomic E-state index is 11.6. The van der Waals surface area contributed by atoms with Crippen molar-refractivity contribution in [3.8, 4) is 0 Å². The summed E-state index contributed by atoms with van der Waals surface area (Å²) >= 11 is 1.70. The molecule has 0 saturated heterocycles. The predicted molar refractivity (Wildman–Crippen MR) is 82.1 cm³/mol. The van der Waals surface area contributed by atoms with Crippen LogP contribution in [0.1, 0.15) is 26.3 Å². The summed E-state index contributed by atoms with van der Waals surface area (Å²) < 4.78 is 10.3. The van der Waals surface area contributed by atoms with E-state index in [-0.39, 0.29) is 12.1 Å². The number of carbonyl (C=O) groups excluding carboxylic acids is 1. The minimum atomic E-state index is -0.394. The van der Waals surface area contributed by atoms with Gasteiger partial charge in [0.15, 0.2) is 0 Å². The number of benzene rings is 1. The summed E-state index contributed by atoms with van der Waals surface area (Å²) in [5, 5.41) is 2.77. The highest BCUT2D eigenvalue weighted by Crippen LogP contribution is 2.23. The molecule has 0 fully saturated rings. The van der Waals surface area contributed by atoms with Gasteiger partial charge in [-0.25, -0.2) is 4.79 Å². The molecule has 0 radical (unpaired) electrons. The molecule has 0 aromatic heterocycles. The van der Waals surface area contributed by atoms with Crippen LogP contribution in [0.4, 0.5) is 4.79 Å². The predicted octanol–water partition coefficient (Wildman–Crippen LogP) is 3.45. The number of amides is 1. The number of rotatable bonds is 6. The Hall–Kier alpha value is -1.20. The summed E-state index contributed by atoms with van der Waals surface area (Å²) in [7, 11) is 1.69. The van der Waals surface area contributed by atoms with Gasteiger partial charge in [0.05, 0.1) is 6.61 Å². The molecular formula is C15H23NO3S. The summed E-state index contributed by atoms with van der Waals surface area (Å²) in [6, 6.07) is 7.93. The highest BCUT2D eigenvalue weighted by molar-refractivity contribution is 7.99. The molecule has 0 aliphatic heterocycles. The molecule has 1 amide bonds. The minimum absolute atomic E-state index is 0.276. The maximum absolute atomic E-state index is 11.6. The van der Waals surface area contributed by atoms with Crippen LogP contribution in [0.5, 0.6) is 0 Å². The zero-order chi connectivity index (χ0) is 15.0. The molecule has 0 bridgehead atoms. The standard InChI is InChI=1S/C15H23NO3S/c1-15(2,3)16-14(17)19-11-12-7-5-6-8-13(12)20-10-9-18-4/h5-8H,9-11H2,1-4H3,(H,16,17). The Balaban J connectivity index is 2.52. The third-order valence-electron chi connectivity index (χ3n) is 2.35. The smallest absolute Gasteiger partial charge is 0.407 e. The fraction of sp³-hybridized carbons (Fsp3) is 0.533. The lowest BCUT2D eigenvalue weighted by atomic mass is 10.1. The Morgan fingerprint density at radius 3 is 2.65 bits per heavy atom. The molecule has 0 aliphatic carbocycles. The van der Waals surface area contributed by atoms with E-state index in [0.717, 1.165) is 16.2 Å². The number of hydrogen-bond donors (Lipinski definition) is 1. The Morgan fingerprint density at radius 2 is 2.00 bits per heavy atom. The van der Waals surface area contributed by atoms with Gasteiger partial charge in [-0.2, -0.15) is 0 Å². The van der Waals surface area contributed by atoms with Crippen molar-refractivity contribution in [3.05, 3.63) is 29.8 Å². The van der Waals surface area contributed by atoms with E-state index in [1.807, 2.05) is 45.0 Å². The monoisotopic (exact) mass is 297 g/mol. The molecule has 0 saturated carbocycles. The van der Waals surface area contributed by atoms with E-state index < -0.39 is 6.09 Å². The van der Waals surface area contributed by atoms with Gasteiger partial charge in [-0.1, -0.05) is 18.2 Å². The zero-order valence-electron chi connectivity index (χ0n) is 12.6. The Bertz CT molecular complexity index is 429. The van der Waals surface area contributed by atoms with Crippen LogP contribution in [-0.2, 0) is 16.1 Å². The van der Waals surface area contributed by atoms with Crippen molar-refractivity contribution < 1.29 is 14.3 Å². The van der Waals surface area contributed by atoms with E-state index in [9.17, 15) is 4.79 Å². The van der Waals surface area contributed by atoms with Crippen molar-refractivity contribution in [3.63, 3.8) is 0 Å². The second-order valence-electron chi connectivity index (χ2n) is 5.40. The minimum Gasteiger partial charge on any atom is -0.445 e. The average Bonchev–Trinajstić information content (AvgIpc) is 2.36. The number of alkyl carbamates (subject to hydrolysis) is 1. The molecular weight excluding hydrogens is 274 g/mol. The number of hydrogen-bond acceptors (Lipinski definition) is 4. The van der Waals surface area contributed by atoms with Gasteiger partial charge in [0.1, 0.15) is 6.61 Å². The molecule has 0 heterocycles. The summed E-state index contributed by atoms with van der Waals surface area (Å²) in [5.41, 5.74) is 0.724. The van der Waals surface area contributed by atoms with Gasteiger partial charge in [0, 0.05) is 28.9 Å². The first-order chi connectivity index (χ1) is 9.42. The Kier molecular flexibility index (Phi) is 6.88. The topological polar surface area (TPSA) is 47.6 Å². The SMILES string of the molecule is COCCSc1ccccc1COC(=O)NC(C)(C)C. The normalized spacial score (nSPS) is 11.2. The lowest BCUT2D eigenvalue weighted by Gasteiger charge is -2.20. The van der Waals surface area contributed by atoms with Crippen molar-refractivity contribution in [2.75, 3.05) is 19.5 Å². The van der Waals surface area contributed by atoms with E-state index in [1.54, 1.807) is 18.9 Å². The van der Waals surface area contributed by atoms with Crippen LogP contribution in [-0.4, -0.2) is 31.1 Å². The van der Waals surface area contributed by atoms with Crippen LogP contribution in [0.3, 0.4) is 0 Å². The fourth-order valence-electron chi connectivity index (χ4n) is 1.48. The molecule has 112 valence electrons. The van der Waals surface area contributed by atoms with E-state index in [0.29, 0.717) is 6.61 Å². The number of nitrogens with one attached hydrogen (secondary N) is 1. The van der Waals surface area contributed by atoms with Gasteiger partial charge in [-0.3, -0.25) is 0 Å². The van der Waals surface area contributed by atoms with E-state index >= 15 is 0 Å². The molecule has 20 heavy (non-hydrogen) atoms. The van der Waals surface area contributed by atoms with E-state index in [1.165, 1.54) is 0 Å².